The molecule has 1 aromatic carbocycles. The van der Waals surface area contributed by atoms with E-state index in [1.165, 1.54) is 0 Å². The SMILES string of the molecule is COc1ccc(NC(=O)CC2(C(=O)O)CC3C=CC2C3)cc1. The number of carboxylic acid groups (broad SMARTS) is 1. The highest BCUT2D eigenvalue weighted by Gasteiger charge is 2.54. The highest BCUT2D eigenvalue weighted by Crippen LogP contribution is 2.54. The van der Waals surface area contributed by atoms with Crippen LogP contribution in [0.5, 0.6) is 5.75 Å². The van der Waals surface area contributed by atoms with Gasteiger partial charge in [0.05, 0.1) is 12.5 Å². The van der Waals surface area contributed by atoms with Crippen LogP contribution in [0.1, 0.15) is 19.3 Å². The van der Waals surface area contributed by atoms with Crippen LogP contribution < -0.4 is 10.1 Å². The van der Waals surface area contributed by atoms with Gasteiger partial charge >= 0.3 is 5.97 Å². The quantitative estimate of drug-likeness (QED) is 0.820. The highest BCUT2D eigenvalue weighted by atomic mass is 16.5. The van der Waals surface area contributed by atoms with Gasteiger partial charge in [-0.15, -0.1) is 0 Å². The number of nitrogens with one attached hydrogen (secondary N) is 1. The van der Waals surface area contributed by atoms with Gasteiger partial charge in [-0.25, -0.2) is 0 Å². The number of ether oxygens (including phenoxy) is 1. The summed E-state index contributed by atoms with van der Waals surface area (Å²) >= 11 is 0. The lowest BCUT2D eigenvalue weighted by Gasteiger charge is -2.30. The molecule has 0 aromatic heterocycles. The minimum atomic E-state index is -0.948. The Kier molecular flexibility index (Phi) is 3.64. The largest absolute Gasteiger partial charge is 0.497 e. The van der Waals surface area contributed by atoms with Crippen molar-refractivity contribution in [2.24, 2.45) is 17.3 Å². The molecule has 1 amide bonds. The molecular formula is C17H19NO4. The zero-order chi connectivity index (χ0) is 15.7. The fraction of sp³-hybridized carbons (Fsp3) is 0.412. The predicted molar refractivity (Wildman–Crippen MR) is 81.7 cm³/mol. The van der Waals surface area contributed by atoms with Gasteiger partial charge in [-0.05, 0) is 48.9 Å². The molecule has 2 N–H and O–H groups in total. The summed E-state index contributed by atoms with van der Waals surface area (Å²) in [6.07, 6.45) is 5.46. The highest BCUT2D eigenvalue weighted by molar-refractivity contribution is 5.94. The van der Waals surface area contributed by atoms with Crippen molar-refractivity contribution in [1.82, 2.24) is 0 Å². The molecule has 1 fully saturated rings. The Morgan fingerprint density at radius 3 is 2.55 bits per heavy atom. The Bertz CT molecular complexity index is 622. The first-order chi connectivity index (χ1) is 10.5. The Hall–Kier alpha value is -2.30. The lowest BCUT2D eigenvalue weighted by atomic mass is 9.73. The second-order valence-corrected chi connectivity index (χ2v) is 6.11. The van der Waals surface area contributed by atoms with E-state index in [9.17, 15) is 14.7 Å². The van der Waals surface area contributed by atoms with Crippen LogP contribution in [0.25, 0.3) is 0 Å². The third-order valence-electron chi connectivity index (χ3n) is 4.78. The van der Waals surface area contributed by atoms with Gasteiger partial charge in [0.15, 0.2) is 0 Å². The van der Waals surface area contributed by atoms with E-state index in [1.54, 1.807) is 31.4 Å². The van der Waals surface area contributed by atoms with Crippen LogP contribution >= 0.6 is 0 Å². The van der Waals surface area contributed by atoms with Crippen molar-refractivity contribution in [1.29, 1.82) is 0 Å². The van der Waals surface area contributed by atoms with Crippen molar-refractivity contribution < 1.29 is 19.4 Å². The van der Waals surface area contributed by atoms with Crippen LogP contribution in [0.15, 0.2) is 36.4 Å². The molecule has 2 aliphatic carbocycles. The first-order valence-electron chi connectivity index (χ1n) is 7.39. The first kappa shape index (κ1) is 14.6. The molecule has 0 radical (unpaired) electrons. The summed E-state index contributed by atoms with van der Waals surface area (Å²) in [5.74, 6) is -0.146. The summed E-state index contributed by atoms with van der Waals surface area (Å²) in [4.78, 5) is 24.0. The van der Waals surface area contributed by atoms with E-state index in [-0.39, 0.29) is 18.2 Å². The molecule has 3 unspecified atom stereocenters. The monoisotopic (exact) mass is 301 g/mol. The van der Waals surface area contributed by atoms with Crippen molar-refractivity contribution in [3.63, 3.8) is 0 Å². The summed E-state index contributed by atoms with van der Waals surface area (Å²) in [5.41, 5.74) is -0.305. The van der Waals surface area contributed by atoms with Gasteiger partial charge in [0, 0.05) is 12.1 Å². The van der Waals surface area contributed by atoms with Gasteiger partial charge in [0.1, 0.15) is 5.75 Å². The summed E-state index contributed by atoms with van der Waals surface area (Å²) in [6, 6.07) is 6.99. The van der Waals surface area contributed by atoms with Gasteiger partial charge in [-0.2, -0.15) is 0 Å². The maximum Gasteiger partial charge on any atom is 0.310 e. The van der Waals surface area contributed by atoms with E-state index in [0.29, 0.717) is 23.8 Å². The van der Waals surface area contributed by atoms with E-state index in [2.05, 4.69) is 11.4 Å². The minimum Gasteiger partial charge on any atom is -0.497 e. The number of carboxylic acids is 1. The number of rotatable bonds is 5. The minimum absolute atomic E-state index is 0.0138. The fourth-order valence-electron chi connectivity index (χ4n) is 3.65. The van der Waals surface area contributed by atoms with Crippen LogP contribution in [-0.4, -0.2) is 24.1 Å². The van der Waals surface area contributed by atoms with E-state index in [0.717, 1.165) is 6.42 Å². The van der Waals surface area contributed by atoms with Gasteiger partial charge in [0.2, 0.25) is 5.91 Å². The van der Waals surface area contributed by atoms with E-state index in [1.807, 2.05) is 6.08 Å². The molecule has 0 spiro atoms. The average molecular weight is 301 g/mol. The lowest BCUT2D eigenvalue weighted by Crippen LogP contribution is -2.38. The van der Waals surface area contributed by atoms with E-state index < -0.39 is 11.4 Å². The molecule has 1 saturated carbocycles. The smallest absolute Gasteiger partial charge is 0.310 e. The summed E-state index contributed by atoms with van der Waals surface area (Å²) in [7, 11) is 1.58. The maximum absolute atomic E-state index is 12.3. The van der Waals surface area contributed by atoms with Gasteiger partial charge in [-0.3, -0.25) is 9.59 Å². The van der Waals surface area contributed by atoms with Gasteiger partial charge < -0.3 is 15.2 Å². The molecule has 2 bridgehead atoms. The van der Waals surface area contributed by atoms with Crippen LogP contribution in [-0.2, 0) is 9.59 Å². The van der Waals surface area contributed by atoms with Crippen molar-refractivity contribution in [2.45, 2.75) is 19.3 Å². The number of fused-ring (bicyclic) bond motifs is 2. The number of allylic oxidation sites excluding steroid dienone is 2. The number of methoxy groups -OCH3 is 1. The van der Waals surface area contributed by atoms with Crippen molar-refractivity contribution in [3.05, 3.63) is 36.4 Å². The van der Waals surface area contributed by atoms with Crippen LogP contribution in [0.2, 0.25) is 0 Å². The molecule has 1 aromatic rings. The number of carbonyl (C=O) groups is 2. The molecule has 3 rings (SSSR count). The summed E-state index contributed by atoms with van der Waals surface area (Å²) in [6.45, 7) is 0. The molecule has 0 aliphatic heterocycles. The zero-order valence-electron chi connectivity index (χ0n) is 12.4. The fourth-order valence-corrected chi connectivity index (χ4v) is 3.65. The third-order valence-corrected chi connectivity index (χ3v) is 4.78. The molecule has 5 heteroatoms. The molecule has 2 aliphatic rings. The molecular weight excluding hydrogens is 282 g/mol. The maximum atomic E-state index is 12.3. The van der Waals surface area contributed by atoms with E-state index >= 15 is 0 Å². The van der Waals surface area contributed by atoms with Crippen molar-refractivity contribution in [3.8, 4) is 5.75 Å². The normalized spacial score (nSPS) is 28.6. The molecule has 5 nitrogen and oxygen atoms in total. The Balaban J connectivity index is 1.70. The molecule has 116 valence electrons. The van der Waals surface area contributed by atoms with Crippen LogP contribution in [0.4, 0.5) is 5.69 Å². The molecule has 0 saturated heterocycles. The Morgan fingerprint density at radius 2 is 2.05 bits per heavy atom. The lowest BCUT2D eigenvalue weighted by molar-refractivity contribution is -0.153. The second-order valence-electron chi connectivity index (χ2n) is 6.11. The predicted octanol–water partition coefficient (Wildman–Crippen LogP) is 2.69. The summed E-state index contributed by atoms with van der Waals surface area (Å²) in [5, 5.41) is 12.4. The number of carbonyl (C=O) groups excluding carboxylic acids is 1. The second kappa shape index (κ2) is 5.48. The average Bonchev–Trinajstić information content (AvgIpc) is 3.09. The zero-order valence-corrected chi connectivity index (χ0v) is 12.4. The number of benzene rings is 1. The number of anilines is 1. The number of hydrogen-bond donors (Lipinski definition) is 2. The van der Waals surface area contributed by atoms with Crippen LogP contribution in [0.3, 0.4) is 0 Å². The molecule has 3 atom stereocenters. The molecule has 0 heterocycles. The van der Waals surface area contributed by atoms with Crippen LogP contribution in [0, 0.1) is 17.3 Å². The van der Waals surface area contributed by atoms with Crippen molar-refractivity contribution >= 4 is 17.6 Å². The van der Waals surface area contributed by atoms with Crippen molar-refractivity contribution in [2.75, 3.05) is 12.4 Å². The standard InChI is InChI=1S/C17H19NO4/c1-22-14-6-4-13(5-7-14)18-15(19)10-17(16(20)21)9-11-2-3-12(17)8-11/h2-7,11-12H,8-10H2,1H3,(H,18,19)(H,20,21). The van der Waals surface area contributed by atoms with E-state index in [4.69, 9.17) is 4.74 Å². The third kappa shape index (κ3) is 2.47. The summed E-state index contributed by atoms with van der Waals surface area (Å²) < 4.78 is 5.06. The molecule has 22 heavy (non-hydrogen) atoms. The number of amides is 1. The first-order valence-corrected chi connectivity index (χ1v) is 7.39. The Labute approximate surface area is 129 Å². The Morgan fingerprint density at radius 1 is 1.32 bits per heavy atom. The number of aliphatic carboxylic acids is 1. The van der Waals surface area contributed by atoms with Gasteiger partial charge in [0.25, 0.3) is 0 Å². The van der Waals surface area contributed by atoms with Gasteiger partial charge in [-0.1, -0.05) is 12.2 Å². The number of hydrogen-bond acceptors (Lipinski definition) is 3. The topological polar surface area (TPSA) is 75.6 Å².